The molecule has 0 aromatic rings. The van der Waals surface area contributed by atoms with Gasteiger partial charge in [-0.3, -0.25) is 14.5 Å². The predicted octanol–water partition coefficient (Wildman–Crippen LogP) is 1.10. The molecule has 3 amide bonds. The first-order chi connectivity index (χ1) is 12.5. The van der Waals surface area contributed by atoms with E-state index in [4.69, 9.17) is 4.74 Å². The van der Waals surface area contributed by atoms with Crippen molar-refractivity contribution >= 4 is 17.9 Å². The highest BCUT2D eigenvalue weighted by atomic mass is 16.6. The number of hydrogen-bond donors (Lipinski definition) is 2. The second-order valence-electron chi connectivity index (χ2n) is 8.65. The third-order valence-electron chi connectivity index (χ3n) is 5.30. The third-order valence-corrected chi connectivity index (χ3v) is 5.30. The molecule has 27 heavy (non-hydrogen) atoms. The Labute approximate surface area is 162 Å². The summed E-state index contributed by atoms with van der Waals surface area (Å²) in [5.74, 6) is -0.412. The van der Waals surface area contributed by atoms with Crippen molar-refractivity contribution in [3.63, 3.8) is 0 Å². The van der Waals surface area contributed by atoms with E-state index in [2.05, 4.69) is 17.6 Å². The van der Waals surface area contributed by atoms with Gasteiger partial charge in [-0.15, -0.1) is 0 Å². The summed E-state index contributed by atoms with van der Waals surface area (Å²) in [6.07, 6.45) is 2.37. The van der Waals surface area contributed by atoms with Gasteiger partial charge in [-0.2, -0.15) is 0 Å². The first-order valence-corrected chi connectivity index (χ1v) is 9.80. The minimum Gasteiger partial charge on any atom is -0.444 e. The molecule has 2 rings (SSSR count). The van der Waals surface area contributed by atoms with Crippen LogP contribution in [0.15, 0.2) is 0 Å². The molecule has 0 bridgehead atoms. The van der Waals surface area contributed by atoms with Crippen molar-refractivity contribution in [2.45, 2.75) is 83.6 Å². The predicted molar refractivity (Wildman–Crippen MR) is 102 cm³/mol. The zero-order valence-corrected chi connectivity index (χ0v) is 17.4. The maximum absolute atomic E-state index is 13.0. The van der Waals surface area contributed by atoms with Crippen LogP contribution in [0, 0.1) is 0 Å². The quantitative estimate of drug-likeness (QED) is 0.763. The Morgan fingerprint density at radius 1 is 1.30 bits per heavy atom. The average molecular weight is 383 g/mol. The highest BCUT2D eigenvalue weighted by Gasteiger charge is 2.39. The molecule has 154 valence electrons. The number of rotatable bonds is 3. The molecule has 2 N–H and O–H groups in total. The molecule has 4 atom stereocenters. The summed E-state index contributed by atoms with van der Waals surface area (Å²) in [4.78, 5) is 41.1. The second-order valence-corrected chi connectivity index (χ2v) is 8.65. The number of ether oxygens (including phenoxy) is 1. The zero-order valence-electron chi connectivity index (χ0n) is 17.4. The van der Waals surface area contributed by atoms with Gasteiger partial charge < -0.3 is 20.3 Å². The summed E-state index contributed by atoms with van der Waals surface area (Å²) < 4.78 is 5.31. The van der Waals surface area contributed by atoms with Crippen molar-refractivity contribution in [3.8, 4) is 0 Å². The smallest absolute Gasteiger partial charge is 0.410 e. The molecule has 0 spiro atoms. The van der Waals surface area contributed by atoms with Gasteiger partial charge in [0.25, 0.3) is 0 Å². The van der Waals surface area contributed by atoms with E-state index in [0.29, 0.717) is 6.54 Å². The number of nitrogens with one attached hydrogen (secondary N) is 2. The molecule has 2 heterocycles. The number of likely N-dealkylation sites (N-methyl/N-ethyl adjacent to an activating group) is 1. The standard InChI is InChI=1S/C19H34N4O4/c1-12-7-8-14-9-10-20-11-15(17(25)23(12)14)21-16(24)13(2)22(6)18(26)27-19(3,4)5/h12-15,20H,7-11H2,1-6H3,(H,21,24)/t12-,13+,14-,15+/m1/s1. The van der Waals surface area contributed by atoms with Crippen LogP contribution in [-0.2, 0) is 14.3 Å². The van der Waals surface area contributed by atoms with Crippen LogP contribution in [0.3, 0.4) is 0 Å². The van der Waals surface area contributed by atoms with Gasteiger partial charge >= 0.3 is 6.09 Å². The van der Waals surface area contributed by atoms with Gasteiger partial charge in [0.15, 0.2) is 0 Å². The molecule has 2 aliphatic heterocycles. The lowest BCUT2D eigenvalue weighted by molar-refractivity contribution is -0.140. The van der Waals surface area contributed by atoms with E-state index in [1.54, 1.807) is 27.7 Å². The molecule has 2 saturated heterocycles. The molecule has 0 aromatic carbocycles. The first kappa shape index (κ1) is 21.5. The minimum atomic E-state index is -0.745. The number of hydrogen-bond acceptors (Lipinski definition) is 5. The maximum atomic E-state index is 13.0. The number of fused-ring (bicyclic) bond motifs is 1. The summed E-state index contributed by atoms with van der Waals surface area (Å²) in [7, 11) is 1.52. The molecule has 8 heteroatoms. The number of carbonyl (C=O) groups is 3. The van der Waals surface area contributed by atoms with Gasteiger partial charge in [0.1, 0.15) is 17.7 Å². The van der Waals surface area contributed by atoms with Crippen LogP contribution in [0.5, 0.6) is 0 Å². The number of amides is 3. The van der Waals surface area contributed by atoms with E-state index in [-0.39, 0.29) is 23.9 Å². The molecule has 0 radical (unpaired) electrons. The van der Waals surface area contributed by atoms with E-state index in [0.717, 1.165) is 25.8 Å². The molecular weight excluding hydrogens is 348 g/mol. The maximum Gasteiger partial charge on any atom is 0.410 e. The zero-order chi connectivity index (χ0) is 20.4. The second kappa shape index (κ2) is 8.46. The van der Waals surface area contributed by atoms with Crippen molar-refractivity contribution in [1.82, 2.24) is 20.4 Å². The lowest BCUT2D eigenvalue weighted by Crippen LogP contribution is -2.60. The summed E-state index contributed by atoms with van der Waals surface area (Å²) in [5, 5.41) is 6.08. The van der Waals surface area contributed by atoms with Crippen molar-refractivity contribution < 1.29 is 19.1 Å². The van der Waals surface area contributed by atoms with Gasteiger partial charge in [0, 0.05) is 25.7 Å². The van der Waals surface area contributed by atoms with Crippen molar-refractivity contribution in [2.75, 3.05) is 20.1 Å². The normalized spacial score (nSPS) is 27.3. The fourth-order valence-corrected chi connectivity index (χ4v) is 3.61. The Hall–Kier alpha value is -1.83. The largest absolute Gasteiger partial charge is 0.444 e. The SMILES string of the molecule is C[C@@H]1CC[C@@H]2CCNC[C@H](NC(=O)[C@H](C)N(C)C(=O)OC(C)(C)C)C(=O)N21. The van der Waals surface area contributed by atoms with Gasteiger partial charge in [0.2, 0.25) is 11.8 Å². The fourth-order valence-electron chi connectivity index (χ4n) is 3.61. The Balaban J connectivity index is 2.02. The Bertz CT molecular complexity index is 575. The molecule has 2 fully saturated rings. The molecule has 0 saturated carbocycles. The Morgan fingerprint density at radius 3 is 2.59 bits per heavy atom. The van der Waals surface area contributed by atoms with Gasteiger partial charge in [-0.25, -0.2) is 4.79 Å². The molecule has 2 aliphatic rings. The van der Waals surface area contributed by atoms with E-state index >= 15 is 0 Å². The van der Waals surface area contributed by atoms with E-state index in [1.807, 2.05) is 4.90 Å². The van der Waals surface area contributed by atoms with E-state index in [9.17, 15) is 14.4 Å². The summed E-state index contributed by atoms with van der Waals surface area (Å²) in [6, 6.07) is -0.941. The van der Waals surface area contributed by atoms with Gasteiger partial charge in [0.05, 0.1) is 0 Å². The van der Waals surface area contributed by atoms with Gasteiger partial charge in [-0.05, 0) is 60.4 Å². The molecule has 0 aliphatic carbocycles. The third kappa shape index (κ3) is 5.34. The highest BCUT2D eigenvalue weighted by Crippen LogP contribution is 2.27. The van der Waals surface area contributed by atoms with Crippen molar-refractivity contribution in [2.24, 2.45) is 0 Å². The lowest BCUT2D eigenvalue weighted by atomic mass is 10.1. The van der Waals surface area contributed by atoms with Crippen LogP contribution in [-0.4, -0.2) is 77.6 Å². The van der Waals surface area contributed by atoms with Crippen LogP contribution in [0.4, 0.5) is 4.79 Å². The Kier molecular flexibility index (Phi) is 6.72. The van der Waals surface area contributed by atoms with E-state index in [1.165, 1.54) is 11.9 Å². The van der Waals surface area contributed by atoms with Crippen LogP contribution < -0.4 is 10.6 Å². The van der Waals surface area contributed by atoms with Crippen LogP contribution in [0.25, 0.3) is 0 Å². The van der Waals surface area contributed by atoms with Crippen LogP contribution >= 0.6 is 0 Å². The van der Waals surface area contributed by atoms with Gasteiger partial charge in [-0.1, -0.05) is 0 Å². The lowest BCUT2D eigenvalue weighted by Gasteiger charge is -2.35. The average Bonchev–Trinajstić information content (AvgIpc) is 2.92. The summed E-state index contributed by atoms with van der Waals surface area (Å²) >= 11 is 0. The van der Waals surface area contributed by atoms with Crippen molar-refractivity contribution in [1.29, 1.82) is 0 Å². The van der Waals surface area contributed by atoms with Crippen LogP contribution in [0.2, 0.25) is 0 Å². The highest BCUT2D eigenvalue weighted by molar-refractivity contribution is 5.91. The number of nitrogens with zero attached hydrogens (tertiary/aromatic N) is 2. The molecule has 0 aromatic heterocycles. The molecular formula is C19H34N4O4. The summed E-state index contributed by atoms with van der Waals surface area (Å²) in [6.45, 7) is 10.2. The van der Waals surface area contributed by atoms with E-state index < -0.39 is 23.8 Å². The minimum absolute atomic E-state index is 0.0438. The summed E-state index contributed by atoms with van der Waals surface area (Å²) in [5.41, 5.74) is -0.637. The van der Waals surface area contributed by atoms with Crippen molar-refractivity contribution in [3.05, 3.63) is 0 Å². The monoisotopic (exact) mass is 382 g/mol. The molecule has 0 unspecified atom stereocenters. The molecule has 8 nitrogen and oxygen atoms in total. The topological polar surface area (TPSA) is 91.0 Å². The first-order valence-electron chi connectivity index (χ1n) is 9.80. The number of carbonyl (C=O) groups excluding carboxylic acids is 3. The Morgan fingerprint density at radius 2 is 1.96 bits per heavy atom. The van der Waals surface area contributed by atoms with Crippen LogP contribution in [0.1, 0.15) is 53.9 Å². The fraction of sp³-hybridized carbons (Fsp3) is 0.842.